The first-order valence-electron chi connectivity index (χ1n) is 9.10. The molecule has 0 unspecified atom stereocenters. The van der Waals surface area contributed by atoms with Crippen LogP contribution in [-0.4, -0.2) is 36.3 Å². The molecule has 146 valence electrons. The lowest BCUT2D eigenvalue weighted by Crippen LogP contribution is -2.30. The van der Waals surface area contributed by atoms with Crippen molar-refractivity contribution in [1.29, 1.82) is 0 Å². The van der Waals surface area contributed by atoms with Gasteiger partial charge in [0.25, 0.3) is 11.8 Å². The summed E-state index contributed by atoms with van der Waals surface area (Å²) in [6.45, 7) is 8.85. The van der Waals surface area contributed by atoms with Crippen LogP contribution in [0.5, 0.6) is 0 Å². The second-order valence-electron chi connectivity index (χ2n) is 5.95. The van der Waals surface area contributed by atoms with Crippen LogP contribution < -0.4 is 10.6 Å². The third kappa shape index (κ3) is 6.08. The number of rotatable bonds is 8. The lowest BCUT2D eigenvalue weighted by Gasteiger charge is -2.18. The summed E-state index contributed by atoms with van der Waals surface area (Å²) in [7, 11) is 0. The van der Waals surface area contributed by atoms with E-state index in [4.69, 9.17) is 0 Å². The zero-order valence-corrected chi connectivity index (χ0v) is 16.9. The Hall–Kier alpha value is -2.37. The SMILES string of the molecule is CCNCc1ccccc1NC(=O)c1ccc(C(=O)N(CC)CC)cc1.Cl. The second-order valence-corrected chi connectivity index (χ2v) is 5.95. The first-order valence-corrected chi connectivity index (χ1v) is 9.10. The van der Waals surface area contributed by atoms with Gasteiger partial charge < -0.3 is 15.5 Å². The van der Waals surface area contributed by atoms with E-state index in [0.29, 0.717) is 30.8 Å². The molecule has 0 fully saturated rings. The highest BCUT2D eigenvalue weighted by atomic mass is 35.5. The monoisotopic (exact) mass is 389 g/mol. The quantitative estimate of drug-likeness (QED) is 0.718. The molecule has 2 N–H and O–H groups in total. The fourth-order valence-corrected chi connectivity index (χ4v) is 2.71. The first kappa shape index (κ1) is 22.7. The molecule has 0 saturated heterocycles. The highest BCUT2D eigenvalue weighted by Crippen LogP contribution is 2.16. The van der Waals surface area contributed by atoms with Crippen LogP contribution in [0.2, 0.25) is 0 Å². The van der Waals surface area contributed by atoms with Crippen LogP contribution in [0.3, 0.4) is 0 Å². The Labute approximate surface area is 167 Å². The van der Waals surface area contributed by atoms with E-state index in [2.05, 4.69) is 10.6 Å². The molecule has 0 aromatic heterocycles. The fourth-order valence-electron chi connectivity index (χ4n) is 2.71. The predicted octanol–water partition coefficient (Wildman–Crippen LogP) is 3.95. The third-order valence-corrected chi connectivity index (χ3v) is 4.28. The molecule has 27 heavy (non-hydrogen) atoms. The number of halogens is 1. The molecule has 0 aliphatic rings. The van der Waals surface area contributed by atoms with E-state index in [9.17, 15) is 9.59 Å². The molecule has 0 aliphatic carbocycles. The van der Waals surface area contributed by atoms with Gasteiger partial charge in [0.15, 0.2) is 0 Å². The van der Waals surface area contributed by atoms with Crippen molar-refractivity contribution in [2.45, 2.75) is 27.3 Å². The summed E-state index contributed by atoms with van der Waals surface area (Å²) < 4.78 is 0. The van der Waals surface area contributed by atoms with E-state index >= 15 is 0 Å². The largest absolute Gasteiger partial charge is 0.339 e. The fraction of sp³-hybridized carbons (Fsp3) is 0.333. The minimum Gasteiger partial charge on any atom is -0.339 e. The van der Waals surface area contributed by atoms with Crippen molar-refractivity contribution in [2.75, 3.05) is 25.0 Å². The minimum absolute atomic E-state index is 0. The molecule has 0 atom stereocenters. The molecule has 0 spiro atoms. The average Bonchev–Trinajstić information content (AvgIpc) is 2.68. The van der Waals surface area contributed by atoms with Crippen LogP contribution in [0.15, 0.2) is 48.5 Å². The van der Waals surface area contributed by atoms with Gasteiger partial charge in [-0.05, 0) is 56.3 Å². The molecule has 5 nitrogen and oxygen atoms in total. The lowest BCUT2D eigenvalue weighted by molar-refractivity contribution is 0.0772. The Bertz CT molecular complexity index is 743. The molecule has 2 rings (SSSR count). The lowest BCUT2D eigenvalue weighted by atomic mass is 10.1. The molecule has 0 heterocycles. The number of nitrogens with one attached hydrogen (secondary N) is 2. The number of para-hydroxylation sites is 1. The van der Waals surface area contributed by atoms with Gasteiger partial charge in [-0.3, -0.25) is 9.59 Å². The van der Waals surface area contributed by atoms with Crippen LogP contribution in [0.25, 0.3) is 0 Å². The Balaban J connectivity index is 0.00000364. The smallest absolute Gasteiger partial charge is 0.255 e. The zero-order chi connectivity index (χ0) is 18.9. The summed E-state index contributed by atoms with van der Waals surface area (Å²) in [5.74, 6) is -0.200. The third-order valence-electron chi connectivity index (χ3n) is 4.28. The average molecular weight is 390 g/mol. The summed E-state index contributed by atoms with van der Waals surface area (Å²) in [4.78, 5) is 26.6. The van der Waals surface area contributed by atoms with E-state index < -0.39 is 0 Å². The number of hydrogen-bond acceptors (Lipinski definition) is 3. The highest BCUT2D eigenvalue weighted by Gasteiger charge is 2.14. The van der Waals surface area contributed by atoms with E-state index in [0.717, 1.165) is 17.8 Å². The number of hydrogen-bond donors (Lipinski definition) is 2. The number of carbonyl (C=O) groups excluding carboxylic acids is 2. The van der Waals surface area contributed by atoms with Crippen molar-refractivity contribution in [3.8, 4) is 0 Å². The van der Waals surface area contributed by atoms with Crippen molar-refractivity contribution >= 4 is 29.9 Å². The molecule has 0 aliphatic heterocycles. The van der Waals surface area contributed by atoms with Crippen LogP contribution >= 0.6 is 12.4 Å². The maximum absolute atomic E-state index is 12.5. The van der Waals surface area contributed by atoms with Crippen molar-refractivity contribution in [3.05, 3.63) is 65.2 Å². The Morgan fingerprint density at radius 3 is 2.07 bits per heavy atom. The summed E-state index contributed by atoms with van der Waals surface area (Å²) in [5, 5.41) is 6.22. The van der Waals surface area contributed by atoms with E-state index in [1.165, 1.54) is 0 Å². The highest BCUT2D eigenvalue weighted by molar-refractivity contribution is 6.05. The van der Waals surface area contributed by atoms with Crippen molar-refractivity contribution < 1.29 is 9.59 Å². The molecule has 2 amide bonds. The number of nitrogens with zero attached hydrogens (tertiary/aromatic N) is 1. The van der Waals surface area contributed by atoms with E-state index in [1.807, 2.05) is 45.0 Å². The molecule has 6 heteroatoms. The standard InChI is InChI=1S/C21H27N3O2.ClH/c1-4-22-15-18-9-7-8-10-19(18)23-20(25)16-11-13-17(14-12-16)21(26)24(5-2)6-3;/h7-14,22H,4-6,15H2,1-3H3,(H,23,25);1H. The maximum Gasteiger partial charge on any atom is 0.255 e. The summed E-state index contributed by atoms with van der Waals surface area (Å²) >= 11 is 0. The Morgan fingerprint density at radius 1 is 0.889 bits per heavy atom. The van der Waals surface area contributed by atoms with Gasteiger partial charge in [0.1, 0.15) is 0 Å². The van der Waals surface area contributed by atoms with Gasteiger partial charge >= 0.3 is 0 Å². The molecule has 0 radical (unpaired) electrons. The van der Waals surface area contributed by atoms with E-state index in [-0.39, 0.29) is 24.2 Å². The van der Waals surface area contributed by atoms with Crippen LogP contribution in [0, 0.1) is 0 Å². The Kier molecular flexibility index (Phi) is 9.54. The molecular weight excluding hydrogens is 362 g/mol. The Morgan fingerprint density at radius 2 is 1.48 bits per heavy atom. The molecule has 0 saturated carbocycles. The van der Waals surface area contributed by atoms with Gasteiger partial charge in [-0.15, -0.1) is 12.4 Å². The number of anilines is 1. The van der Waals surface area contributed by atoms with Crippen molar-refractivity contribution in [3.63, 3.8) is 0 Å². The normalized spacial score (nSPS) is 10.0. The van der Waals surface area contributed by atoms with E-state index in [1.54, 1.807) is 29.2 Å². The van der Waals surface area contributed by atoms with Gasteiger partial charge in [0, 0.05) is 36.4 Å². The minimum atomic E-state index is -0.184. The van der Waals surface area contributed by atoms with Crippen LogP contribution in [0.4, 0.5) is 5.69 Å². The predicted molar refractivity (Wildman–Crippen MR) is 113 cm³/mol. The number of amides is 2. The molecular formula is C21H28ClN3O2. The van der Waals surface area contributed by atoms with Gasteiger partial charge in [-0.1, -0.05) is 25.1 Å². The van der Waals surface area contributed by atoms with Gasteiger partial charge in [-0.25, -0.2) is 0 Å². The summed E-state index contributed by atoms with van der Waals surface area (Å²) in [5.41, 5.74) is 2.95. The van der Waals surface area contributed by atoms with Crippen molar-refractivity contribution in [1.82, 2.24) is 10.2 Å². The zero-order valence-electron chi connectivity index (χ0n) is 16.1. The molecule has 2 aromatic rings. The van der Waals surface area contributed by atoms with Gasteiger partial charge in [0.2, 0.25) is 0 Å². The molecule has 2 aromatic carbocycles. The maximum atomic E-state index is 12.5. The van der Waals surface area contributed by atoms with Crippen molar-refractivity contribution in [2.24, 2.45) is 0 Å². The van der Waals surface area contributed by atoms with Gasteiger partial charge in [-0.2, -0.15) is 0 Å². The van der Waals surface area contributed by atoms with Crippen LogP contribution in [0.1, 0.15) is 47.1 Å². The summed E-state index contributed by atoms with van der Waals surface area (Å²) in [6, 6.07) is 14.5. The molecule has 0 bridgehead atoms. The topological polar surface area (TPSA) is 61.4 Å². The number of benzene rings is 2. The van der Waals surface area contributed by atoms with Crippen LogP contribution in [-0.2, 0) is 6.54 Å². The second kappa shape index (κ2) is 11.4. The van der Waals surface area contributed by atoms with Gasteiger partial charge in [0.05, 0.1) is 0 Å². The first-order chi connectivity index (χ1) is 12.6. The number of carbonyl (C=O) groups is 2. The summed E-state index contributed by atoms with van der Waals surface area (Å²) in [6.07, 6.45) is 0.